The Balaban J connectivity index is 2.19. The molecule has 66 valence electrons. The van der Waals surface area contributed by atoms with Crippen LogP contribution in [0.2, 0.25) is 0 Å². The van der Waals surface area contributed by atoms with Crippen LogP contribution in [-0.2, 0) is 11.2 Å². The summed E-state index contributed by atoms with van der Waals surface area (Å²) in [6, 6.07) is 4.20. The third-order valence-electron chi connectivity index (χ3n) is 1.62. The Morgan fingerprint density at radius 1 is 1.42 bits per heavy atom. The van der Waals surface area contributed by atoms with Crippen molar-refractivity contribution in [2.45, 2.75) is 25.7 Å². The van der Waals surface area contributed by atoms with Crippen molar-refractivity contribution in [3.8, 4) is 0 Å². The average Bonchev–Trinajstić information content (AvgIpc) is 2.45. The van der Waals surface area contributed by atoms with Crippen molar-refractivity contribution < 1.29 is 4.79 Å². The van der Waals surface area contributed by atoms with E-state index in [1.807, 2.05) is 0 Å². The second-order valence-electron chi connectivity index (χ2n) is 2.62. The molecule has 0 bridgehead atoms. The first-order chi connectivity index (χ1) is 5.83. The van der Waals surface area contributed by atoms with Crippen molar-refractivity contribution in [3.63, 3.8) is 0 Å². The molecule has 0 aliphatic rings. The van der Waals surface area contributed by atoms with Gasteiger partial charge in [0.05, 0.1) is 3.79 Å². The Kier molecular flexibility index (Phi) is 4.54. The number of halogens is 1. The molecule has 0 radical (unpaired) electrons. The van der Waals surface area contributed by atoms with Crippen molar-refractivity contribution in [2.75, 3.05) is 0 Å². The molecular formula is C9H11BrOS. The normalized spacial score (nSPS) is 10.1. The second kappa shape index (κ2) is 5.49. The van der Waals surface area contributed by atoms with Crippen LogP contribution in [0.4, 0.5) is 0 Å². The van der Waals surface area contributed by atoms with Gasteiger partial charge in [0.15, 0.2) is 0 Å². The number of aryl methyl sites for hydroxylation is 1. The average molecular weight is 247 g/mol. The van der Waals surface area contributed by atoms with Crippen molar-refractivity contribution in [2.24, 2.45) is 0 Å². The zero-order valence-corrected chi connectivity index (χ0v) is 9.16. The highest BCUT2D eigenvalue weighted by Crippen LogP contribution is 2.23. The summed E-state index contributed by atoms with van der Waals surface area (Å²) in [4.78, 5) is 11.4. The molecule has 1 rings (SSSR count). The lowest BCUT2D eigenvalue weighted by molar-refractivity contribution is -0.107. The monoisotopic (exact) mass is 246 g/mol. The predicted octanol–water partition coefficient (Wildman–Crippen LogP) is 3.42. The minimum absolute atomic E-state index is 0.701. The Labute approximate surface area is 84.9 Å². The van der Waals surface area contributed by atoms with E-state index in [0.717, 1.165) is 25.5 Å². The summed E-state index contributed by atoms with van der Waals surface area (Å²) in [7, 11) is 0. The van der Waals surface area contributed by atoms with Gasteiger partial charge in [-0.2, -0.15) is 0 Å². The maximum atomic E-state index is 10.0. The van der Waals surface area contributed by atoms with Crippen LogP contribution >= 0.6 is 27.3 Å². The lowest BCUT2D eigenvalue weighted by Gasteiger charge is -1.93. The minimum atomic E-state index is 0.701. The number of rotatable bonds is 5. The van der Waals surface area contributed by atoms with Gasteiger partial charge in [-0.25, -0.2) is 0 Å². The molecule has 1 aromatic heterocycles. The van der Waals surface area contributed by atoms with Gasteiger partial charge in [0, 0.05) is 11.3 Å². The third-order valence-corrected chi connectivity index (χ3v) is 3.31. The topological polar surface area (TPSA) is 17.1 Å². The Morgan fingerprint density at radius 3 is 2.83 bits per heavy atom. The molecule has 1 aromatic rings. The van der Waals surface area contributed by atoms with E-state index in [1.54, 1.807) is 11.3 Å². The highest BCUT2D eigenvalue weighted by atomic mass is 79.9. The molecule has 3 heteroatoms. The number of hydrogen-bond acceptors (Lipinski definition) is 2. The third kappa shape index (κ3) is 3.50. The van der Waals surface area contributed by atoms with E-state index in [1.165, 1.54) is 8.66 Å². The first kappa shape index (κ1) is 9.93. The van der Waals surface area contributed by atoms with Crippen molar-refractivity contribution >= 4 is 33.6 Å². The number of unbranched alkanes of at least 4 members (excludes halogenated alkanes) is 2. The largest absolute Gasteiger partial charge is 0.303 e. The predicted molar refractivity (Wildman–Crippen MR) is 55.6 cm³/mol. The van der Waals surface area contributed by atoms with Gasteiger partial charge in [-0.05, 0) is 47.3 Å². The fourth-order valence-electron chi connectivity index (χ4n) is 1.01. The van der Waals surface area contributed by atoms with Crippen molar-refractivity contribution in [1.82, 2.24) is 0 Å². The van der Waals surface area contributed by atoms with Crippen LogP contribution in [-0.4, -0.2) is 6.29 Å². The maximum absolute atomic E-state index is 10.0. The van der Waals surface area contributed by atoms with Crippen LogP contribution in [0.15, 0.2) is 15.9 Å². The van der Waals surface area contributed by atoms with Crippen molar-refractivity contribution in [3.05, 3.63) is 20.8 Å². The van der Waals surface area contributed by atoms with Gasteiger partial charge >= 0.3 is 0 Å². The zero-order valence-electron chi connectivity index (χ0n) is 6.75. The van der Waals surface area contributed by atoms with Gasteiger partial charge in [-0.3, -0.25) is 0 Å². The van der Waals surface area contributed by atoms with Crippen molar-refractivity contribution in [1.29, 1.82) is 0 Å². The molecule has 0 fully saturated rings. The van der Waals surface area contributed by atoms with Crippen LogP contribution in [0.5, 0.6) is 0 Å². The molecule has 0 amide bonds. The molecule has 1 nitrogen and oxygen atoms in total. The minimum Gasteiger partial charge on any atom is -0.303 e. The van der Waals surface area contributed by atoms with Gasteiger partial charge < -0.3 is 4.79 Å². The van der Waals surface area contributed by atoms with E-state index in [2.05, 4.69) is 28.1 Å². The molecule has 0 atom stereocenters. The van der Waals surface area contributed by atoms with Crippen LogP contribution < -0.4 is 0 Å². The summed E-state index contributed by atoms with van der Waals surface area (Å²) < 4.78 is 1.19. The fourth-order valence-corrected chi connectivity index (χ4v) is 2.54. The van der Waals surface area contributed by atoms with Gasteiger partial charge in [0.25, 0.3) is 0 Å². The number of aldehydes is 1. The zero-order chi connectivity index (χ0) is 8.81. The van der Waals surface area contributed by atoms with Crippen LogP contribution in [0.25, 0.3) is 0 Å². The molecule has 0 saturated carbocycles. The summed E-state index contributed by atoms with van der Waals surface area (Å²) in [5.41, 5.74) is 0. The van der Waals surface area contributed by atoms with E-state index in [-0.39, 0.29) is 0 Å². The maximum Gasteiger partial charge on any atom is 0.119 e. The number of carbonyl (C=O) groups is 1. The smallest absolute Gasteiger partial charge is 0.119 e. The van der Waals surface area contributed by atoms with Crippen LogP contribution in [0, 0.1) is 0 Å². The molecule has 0 aliphatic heterocycles. The van der Waals surface area contributed by atoms with Gasteiger partial charge in [-0.15, -0.1) is 11.3 Å². The van der Waals surface area contributed by atoms with Crippen LogP contribution in [0.1, 0.15) is 24.1 Å². The SMILES string of the molecule is O=CCCCCc1ccc(Br)s1. The Bertz CT molecular complexity index is 244. The lowest BCUT2D eigenvalue weighted by atomic mass is 10.2. The summed E-state index contributed by atoms with van der Waals surface area (Å²) in [5, 5.41) is 0. The van der Waals surface area contributed by atoms with Gasteiger partial charge in [0.1, 0.15) is 6.29 Å². The van der Waals surface area contributed by atoms with E-state index >= 15 is 0 Å². The molecule has 0 unspecified atom stereocenters. The molecular weight excluding hydrogens is 236 g/mol. The Morgan fingerprint density at radius 2 is 2.25 bits per heavy atom. The molecule has 0 spiro atoms. The highest BCUT2D eigenvalue weighted by Gasteiger charge is 1.96. The molecule has 12 heavy (non-hydrogen) atoms. The number of hydrogen-bond donors (Lipinski definition) is 0. The summed E-state index contributed by atoms with van der Waals surface area (Å²) in [6.07, 6.45) is 4.92. The Hall–Kier alpha value is -0.150. The molecule has 1 heterocycles. The first-order valence-electron chi connectivity index (χ1n) is 4.01. The fraction of sp³-hybridized carbons (Fsp3) is 0.444. The van der Waals surface area contributed by atoms with E-state index in [4.69, 9.17) is 0 Å². The van der Waals surface area contributed by atoms with Gasteiger partial charge in [0.2, 0.25) is 0 Å². The van der Waals surface area contributed by atoms with Crippen LogP contribution in [0.3, 0.4) is 0 Å². The summed E-state index contributed by atoms with van der Waals surface area (Å²) in [6.45, 7) is 0. The molecule has 0 N–H and O–H groups in total. The first-order valence-corrected chi connectivity index (χ1v) is 5.61. The molecule has 0 aromatic carbocycles. The van der Waals surface area contributed by atoms with E-state index < -0.39 is 0 Å². The number of carbonyl (C=O) groups excluding carboxylic acids is 1. The second-order valence-corrected chi connectivity index (χ2v) is 5.17. The summed E-state index contributed by atoms with van der Waals surface area (Å²) in [5.74, 6) is 0. The highest BCUT2D eigenvalue weighted by molar-refractivity contribution is 9.11. The lowest BCUT2D eigenvalue weighted by Crippen LogP contribution is -1.81. The number of thiophene rings is 1. The quantitative estimate of drug-likeness (QED) is 0.575. The molecule has 0 aliphatic carbocycles. The standard InChI is InChI=1S/C9H11BrOS/c10-9-6-5-8(12-9)4-2-1-3-7-11/h5-7H,1-4H2. The van der Waals surface area contributed by atoms with E-state index in [0.29, 0.717) is 6.42 Å². The summed E-state index contributed by atoms with van der Waals surface area (Å²) >= 11 is 5.19. The van der Waals surface area contributed by atoms with Gasteiger partial charge in [-0.1, -0.05) is 0 Å². The van der Waals surface area contributed by atoms with E-state index in [9.17, 15) is 4.79 Å². The molecule has 0 saturated heterocycles.